The van der Waals surface area contributed by atoms with E-state index in [2.05, 4.69) is 23.3 Å². The Kier molecular flexibility index (Phi) is 5.29. The molecule has 5 rings (SSSR count). The summed E-state index contributed by atoms with van der Waals surface area (Å²) in [6.07, 6.45) is 2.09. The van der Waals surface area contributed by atoms with Gasteiger partial charge in [0.2, 0.25) is 0 Å². The molecule has 7 heteroatoms. The minimum Gasteiger partial charge on any atom is -0.366 e. The molecule has 0 radical (unpaired) electrons. The number of nitrogens with one attached hydrogen (secondary N) is 1. The Balaban J connectivity index is 1.56. The van der Waals surface area contributed by atoms with Gasteiger partial charge in [-0.15, -0.1) is 0 Å². The number of para-hydroxylation sites is 1. The molecule has 0 aliphatic carbocycles. The molecule has 0 amide bonds. The van der Waals surface area contributed by atoms with Crippen LogP contribution in [0.1, 0.15) is 35.4 Å². The molecular formula is C24H23Cl2N3O2. The van der Waals surface area contributed by atoms with Gasteiger partial charge < -0.3 is 15.1 Å². The summed E-state index contributed by atoms with van der Waals surface area (Å²) < 4.78 is 0. The van der Waals surface area contributed by atoms with Crippen molar-refractivity contribution in [3.63, 3.8) is 0 Å². The van der Waals surface area contributed by atoms with Gasteiger partial charge in [-0.25, -0.2) is 0 Å². The van der Waals surface area contributed by atoms with Gasteiger partial charge in [0.1, 0.15) is 11.4 Å². The van der Waals surface area contributed by atoms with E-state index < -0.39 is 5.43 Å². The van der Waals surface area contributed by atoms with Gasteiger partial charge in [0.05, 0.1) is 0 Å². The van der Waals surface area contributed by atoms with Crippen molar-refractivity contribution in [1.29, 1.82) is 0 Å². The molecule has 0 bridgehead atoms. The summed E-state index contributed by atoms with van der Waals surface area (Å²) in [7, 11) is 2.07. The maximum absolute atomic E-state index is 12.4. The maximum Gasteiger partial charge on any atom is 0.253 e. The minimum absolute atomic E-state index is 0.0374. The monoisotopic (exact) mass is 455 g/mol. The van der Waals surface area contributed by atoms with E-state index in [0.717, 1.165) is 61.4 Å². The molecule has 31 heavy (non-hydrogen) atoms. The zero-order valence-corrected chi connectivity index (χ0v) is 18.8. The average molecular weight is 456 g/mol. The van der Waals surface area contributed by atoms with Crippen molar-refractivity contribution in [2.45, 2.75) is 25.3 Å². The van der Waals surface area contributed by atoms with E-state index in [1.807, 2.05) is 29.2 Å². The van der Waals surface area contributed by atoms with Crippen molar-refractivity contribution in [1.82, 2.24) is 4.90 Å². The number of fused-ring (bicyclic) bond motifs is 1. The molecule has 0 unspecified atom stereocenters. The standard InChI is InChI=1S/C24H23Cl2N3O2/c1-28-12-17(16-10-14(25)11-19(26)18(16)13-28)15-6-2-3-7-20(15)27-21-22(24(31)23(21)30)29-8-4-5-9-29/h2-3,6-7,10-11,17,27H,4-5,8-9,12-13H2,1H3/t17-/m0/s1. The van der Waals surface area contributed by atoms with Crippen LogP contribution in [0.4, 0.5) is 17.1 Å². The third kappa shape index (κ3) is 3.55. The third-order valence-corrected chi connectivity index (χ3v) is 6.95. The highest BCUT2D eigenvalue weighted by molar-refractivity contribution is 6.35. The Labute approximate surface area is 190 Å². The van der Waals surface area contributed by atoms with Crippen LogP contribution in [0.3, 0.4) is 0 Å². The number of rotatable bonds is 4. The van der Waals surface area contributed by atoms with E-state index in [4.69, 9.17) is 23.2 Å². The van der Waals surface area contributed by atoms with Gasteiger partial charge in [-0.05, 0) is 54.8 Å². The number of hydrogen-bond acceptors (Lipinski definition) is 5. The molecule has 0 aromatic heterocycles. The number of likely N-dealkylation sites (N-methyl/N-ethyl adjacent to an activating group) is 1. The van der Waals surface area contributed by atoms with Crippen molar-refractivity contribution in [2.24, 2.45) is 0 Å². The van der Waals surface area contributed by atoms with Crippen LogP contribution < -0.4 is 21.1 Å². The van der Waals surface area contributed by atoms with Crippen LogP contribution in [0.2, 0.25) is 10.0 Å². The van der Waals surface area contributed by atoms with E-state index in [1.54, 1.807) is 6.07 Å². The molecule has 3 aromatic carbocycles. The minimum atomic E-state index is -0.441. The van der Waals surface area contributed by atoms with Gasteiger partial charge in [0.15, 0.2) is 0 Å². The predicted octanol–water partition coefficient (Wildman–Crippen LogP) is 4.51. The largest absolute Gasteiger partial charge is 0.366 e. The number of nitrogens with zero attached hydrogens (tertiary/aromatic N) is 2. The van der Waals surface area contributed by atoms with E-state index >= 15 is 0 Å². The number of benzene rings is 2. The smallest absolute Gasteiger partial charge is 0.253 e. The second kappa shape index (κ2) is 7.97. The molecule has 1 saturated heterocycles. The lowest BCUT2D eigenvalue weighted by Crippen LogP contribution is -2.41. The molecule has 2 heterocycles. The molecule has 0 saturated carbocycles. The molecule has 2 aliphatic heterocycles. The second-order valence-electron chi connectivity index (χ2n) is 8.49. The van der Waals surface area contributed by atoms with Crippen molar-refractivity contribution in [2.75, 3.05) is 36.9 Å². The Morgan fingerprint density at radius 3 is 2.52 bits per heavy atom. The van der Waals surface area contributed by atoms with Gasteiger partial charge in [0.25, 0.3) is 10.9 Å². The van der Waals surface area contributed by atoms with Crippen molar-refractivity contribution >= 4 is 40.3 Å². The molecule has 1 atom stereocenters. The Bertz CT molecular complexity index is 1230. The first-order valence-corrected chi connectivity index (χ1v) is 11.3. The molecule has 3 aromatic rings. The topological polar surface area (TPSA) is 52.6 Å². The quantitative estimate of drug-likeness (QED) is 0.586. The van der Waals surface area contributed by atoms with Gasteiger partial charge in [-0.3, -0.25) is 9.59 Å². The third-order valence-electron chi connectivity index (χ3n) is 6.40. The fourth-order valence-electron chi connectivity index (χ4n) is 4.90. The number of hydrogen-bond donors (Lipinski definition) is 1. The molecule has 2 aliphatic rings. The highest BCUT2D eigenvalue weighted by Gasteiger charge is 2.31. The molecule has 5 nitrogen and oxygen atoms in total. The summed E-state index contributed by atoms with van der Waals surface area (Å²) in [5.41, 5.74) is 4.18. The first-order chi connectivity index (χ1) is 14.9. The summed E-state index contributed by atoms with van der Waals surface area (Å²) in [5.74, 6) is 0.0374. The number of anilines is 3. The first kappa shape index (κ1) is 20.6. The molecule has 1 fully saturated rings. The van der Waals surface area contributed by atoms with Gasteiger partial charge in [-0.2, -0.15) is 0 Å². The second-order valence-corrected chi connectivity index (χ2v) is 9.34. The van der Waals surface area contributed by atoms with E-state index in [9.17, 15) is 9.59 Å². The van der Waals surface area contributed by atoms with E-state index in [0.29, 0.717) is 21.4 Å². The van der Waals surface area contributed by atoms with Crippen LogP contribution in [0.15, 0.2) is 46.0 Å². The van der Waals surface area contributed by atoms with Crippen molar-refractivity contribution in [3.8, 4) is 0 Å². The first-order valence-electron chi connectivity index (χ1n) is 10.5. The summed E-state index contributed by atoms with van der Waals surface area (Å²) >= 11 is 12.9. The van der Waals surface area contributed by atoms with E-state index in [1.165, 1.54) is 0 Å². The summed E-state index contributed by atoms with van der Waals surface area (Å²) in [5, 5.41) is 4.59. The Morgan fingerprint density at radius 1 is 1.00 bits per heavy atom. The van der Waals surface area contributed by atoms with Crippen molar-refractivity contribution in [3.05, 3.63) is 83.6 Å². The van der Waals surface area contributed by atoms with Crippen LogP contribution in [0.5, 0.6) is 0 Å². The normalized spacial score (nSPS) is 19.1. The fourth-order valence-corrected chi connectivity index (χ4v) is 5.47. The lowest BCUT2D eigenvalue weighted by atomic mass is 9.84. The van der Waals surface area contributed by atoms with Gasteiger partial charge in [0, 0.05) is 47.8 Å². The lowest BCUT2D eigenvalue weighted by Gasteiger charge is -2.34. The zero-order chi connectivity index (χ0) is 21.7. The molecule has 0 spiro atoms. The highest BCUT2D eigenvalue weighted by atomic mass is 35.5. The van der Waals surface area contributed by atoms with Crippen LogP contribution in [-0.2, 0) is 6.54 Å². The van der Waals surface area contributed by atoms with Crippen LogP contribution in [0, 0.1) is 0 Å². The lowest BCUT2D eigenvalue weighted by molar-refractivity contribution is 0.295. The molecule has 160 valence electrons. The SMILES string of the molecule is CN1Cc2c(Cl)cc(Cl)cc2[C@H](c2ccccc2Nc2c(N3CCCC3)c(=O)c2=O)C1. The van der Waals surface area contributed by atoms with Crippen molar-refractivity contribution < 1.29 is 0 Å². The summed E-state index contributed by atoms with van der Waals surface area (Å²) in [6.45, 7) is 3.19. The highest BCUT2D eigenvalue weighted by Crippen LogP contribution is 2.41. The van der Waals surface area contributed by atoms with E-state index in [-0.39, 0.29) is 11.3 Å². The number of halogens is 2. The van der Waals surface area contributed by atoms with Crippen LogP contribution >= 0.6 is 23.2 Å². The maximum atomic E-state index is 12.4. The molecular weight excluding hydrogens is 433 g/mol. The Morgan fingerprint density at radius 2 is 1.74 bits per heavy atom. The fraction of sp³-hybridized carbons (Fsp3) is 0.333. The van der Waals surface area contributed by atoms with Gasteiger partial charge >= 0.3 is 0 Å². The zero-order valence-electron chi connectivity index (χ0n) is 17.3. The summed E-state index contributed by atoms with van der Waals surface area (Å²) in [6, 6.07) is 11.7. The summed E-state index contributed by atoms with van der Waals surface area (Å²) in [4.78, 5) is 29.0. The Hall–Kier alpha value is -2.34. The van der Waals surface area contributed by atoms with Crippen LogP contribution in [0.25, 0.3) is 0 Å². The van der Waals surface area contributed by atoms with Gasteiger partial charge in [-0.1, -0.05) is 41.4 Å². The molecule has 1 N–H and O–H groups in total. The predicted molar refractivity (Wildman–Crippen MR) is 127 cm³/mol. The van der Waals surface area contributed by atoms with Crippen LogP contribution in [-0.4, -0.2) is 31.6 Å². The average Bonchev–Trinajstić information content (AvgIpc) is 3.27.